The van der Waals surface area contributed by atoms with Gasteiger partial charge in [0.1, 0.15) is 0 Å². The van der Waals surface area contributed by atoms with Crippen LogP contribution in [0.2, 0.25) is 5.02 Å². The fraction of sp³-hybridized carbons (Fsp3) is 0.625. The smallest absolute Gasteiger partial charge is 0.0815 e. The summed E-state index contributed by atoms with van der Waals surface area (Å²) in [7, 11) is 0. The van der Waals surface area contributed by atoms with Crippen molar-refractivity contribution in [2.24, 2.45) is 0 Å². The lowest BCUT2D eigenvalue weighted by molar-refractivity contribution is 0.488. The van der Waals surface area contributed by atoms with Crippen molar-refractivity contribution in [3.05, 3.63) is 16.9 Å². The monoisotopic (exact) mass is 185 g/mol. The van der Waals surface area contributed by atoms with E-state index in [0.29, 0.717) is 6.04 Å². The predicted molar refractivity (Wildman–Crippen MR) is 48.5 cm³/mol. The van der Waals surface area contributed by atoms with Gasteiger partial charge in [-0.2, -0.15) is 5.10 Å². The van der Waals surface area contributed by atoms with Crippen LogP contribution in [0.4, 0.5) is 0 Å². The molecule has 1 aliphatic rings. The van der Waals surface area contributed by atoms with Gasteiger partial charge < -0.3 is 5.32 Å². The number of nitrogens with zero attached hydrogens (tertiary/aromatic N) is 2. The first kappa shape index (κ1) is 8.08. The van der Waals surface area contributed by atoms with Crippen LogP contribution >= 0.6 is 11.6 Å². The van der Waals surface area contributed by atoms with E-state index < -0.39 is 0 Å². The Morgan fingerprint density at radius 1 is 1.75 bits per heavy atom. The van der Waals surface area contributed by atoms with Crippen LogP contribution in [0.5, 0.6) is 0 Å². The summed E-state index contributed by atoms with van der Waals surface area (Å²) in [4.78, 5) is 0. The Labute approximate surface area is 76.7 Å². The standard InChI is InChI=1S/C8H12ClN3/c1-6-8(9)5-12(11-6)7-2-3-10-4-7/h5,7,10H,2-4H2,1H3. The fourth-order valence-corrected chi connectivity index (χ4v) is 1.65. The number of rotatable bonds is 1. The minimum absolute atomic E-state index is 0.496. The molecule has 0 amide bonds. The zero-order valence-corrected chi connectivity index (χ0v) is 7.80. The van der Waals surface area contributed by atoms with Crippen molar-refractivity contribution in [3.8, 4) is 0 Å². The Morgan fingerprint density at radius 3 is 3.08 bits per heavy atom. The van der Waals surface area contributed by atoms with Crippen LogP contribution in [0.15, 0.2) is 6.20 Å². The normalized spacial score (nSPS) is 23.3. The van der Waals surface area contributed by atoms with Crippen molar-refractivity contribution in [1.82, 2.24) is 15.1 Å². The summed E-state index contributed by atoms with van der Waals surface area (Å²) in [6, 6.07) is 0.496. The van der Waals surface area contributed by atoms with Crippen LogP contribution < -0.4 is 5.32 Å². The highest BCUT2D eigenvalue weighted by atomic mass is 35.5. The quantitative estimate of drug-likeness (QED) is 0.717. The highest BCUT2D eigenvalue weighted by Gasteiger charge is 2.17. The lowest BCUT2D eigenvalue weighted by Crippen LogP contribution is -2.13. The van der Waals surface area contributed by atoms with Crippen molar-refractivity contribution in [1.29, 1.82) is 0 Å². The largest absolute Gasteiger partial charge is 0.315 e. The molecule has 0 aliphatic carbocycles. The van der Waals surface area contributed by atoms with Crippen LogP contribution in [0.25, 0.3) is 0 Å². The van der Waals surface area contributed by atoms with Gasteiger partial charge in [0.05, 0.1) is 16.8 Å². The molecule has 1 fully saturated rings. The molecule has 0 saturated carbocycles. The van der Waals surface area contributed by atoms with Crippen molar-refractivity contribution in [3.63, 3.8) is 0 Å². The van der Waals surface area contributed by atoms with Gasteiger partial charge in [-0.3, -0.25) is 4.68 Å². The Kier molecular flexibility index (Phi) is 2.07. The zero-order chi connectivity index (χ0) is 8.55. The summed E-state index contributed by atoms with van der Waals surface area (Å²) in [6.45, 7) is 4.03. The zero-order valence-electron chi connectivity index (χ0n) is 7.05. The summed E-state index contributed by atoms with van der Waals surface area (Å²) in [5.74, 6) is 0. The second kappa shape index (κ2) is 3.07. The molecule has 1 aromatic heterocycles. The van der Waals surface area contributed by atoms with Crippen molar-refractivity contribution < 1.29 is 0 Å². The minimum atomic E-state index is 0.496. The molecule has 1 saturated heterocycles. The first-order valence-electron chi connectivity index (χ1n) is 4.19. The van der Waals surface area contributed by atoms with Crippen LogP contribution in [-0.4, -0.2) is 22.9 Å². The maximum atomic E-state index is 5.90. The number of aromatic nitrogens is 2. The first-order chi connectivity index (χ1) is 5.77. The first-order valence-corrected chi connectivity index (χ1v) is 4.57. The molecule has 0 spiro atoms. The van der Waals surface area contributed by atoms with E-state index in [-0.39, 0.29) is 0 Å². The molecular weight excluding hydrogens is 174 g/mol. The summed E-state index contributed by atoms with van der Waals surface area (Å²) in [6.07, 6.45) is 3.06. The molecule has 1 aliphatic heterocycles. The van der Waals surface area contributed by atoms with Gasteiger partial charge in [0.25, 0.3) is 0 Å². The molecular formula is C8H12ClN3. The molecule has 2 heterocycles. The van der Waals surface area contributed by atoms with Crippen LogP contribution in [-0.2, 0) is 0 Å². The fourth-order valence-electron chi connectivity index (χ4n) is 1.51. The predicted octanol–water partition coefficient (Wildman–Crippen LogP) is 1.38. The average molecular weight is 186 g/mol. The third-order valence-electron chi connectivity index (χ3n) is 2.27. The van der Waals surface area contributed by atoms with E-state index >= 15 is 0 Å². The second-order valence-corrected chi connectivity index (χ2v) is 3.60. The van der Waals surface area contributed by atoms with Crippen molar-refractivity contribution in [2.75, 3.05) is 13.1 Å². The van der Waals surface area contributed by atoms with E-state index in [2.05, 4.69) is 10.4 Å². The second-order valence-electron chi connectivity index (χ2n) is 3.19. The third kappa shape index (κ3) is 1.34. The maximum absolute atomic E-state index is 5.90. The number of aryl methyl sites for hydroxylation is 1. The van der Waals surface area contributed by atoms with Gasteiger partial charge in [-0.05, 0) is 19.9 Å². The Hall–Kier alpha value is -0.540. The molecule has 1 unspecified atom stereocenters. The number of hydrogen-bond donors (Lipinski definition) is 1. The molecule has 4 heteroatoms. The van der Waals surface area contributed by atoms with Gasteiger partial charge in [0.2, 0.25) is 0 Å². The van der Waals surface area contributed by atoms with Gasteiger partial charge >= 0.3 is 0 Å². The number of nitrogens with one attached hydrogen (secondary N) is 1. The van der Waals surface area contributed by atoms with E-state index in [1.54, 1.807) is 0 Å². The summed E-state index contributed by atoms with van der Waals surface area (Å²) < 4.78 is 1.97. The number of halogens is 1. The van der Waals surface area contributed by atoms with Crippen LogP contribution in [0.1, 0.15) is 18.2 Å². The molecule has 0 radical (unpaired) electrons. The lowest BCUT2D eigenvalue weighted by atomic mass is 10.3. The van der Waals surface area contributed by atoms with E-state index in [1.807, 2.05) is 17.8 Å². The highest BCUT2D eigenvalue weighted by molar-refractivity contribution is 6.31. The average Bonchev–Trinajstić information content (AvgIpc) is 2.61. The molecule has 1 aromatic rings. The van der Waals surface area contributed by atoms with Gasteiger partial charge in [-0.25, -0.2) is 0 Å². The lowest BCUT2D eigenvalue weighted by Gasteiger charge is -2.07. The van der Waals surface area contributed by atoms with Gasteiger partial charge in [-0.1, -0.05) is 11.6 Å². The molecule has 12 heavy (non-hydrogen) atoms. The van der Waals surface area contributed by atoms with Gasteiger partial charge in [0.15, 0.2) is 0 Å². The van der Waals surface area contributed by atoms with Crippen molar-refractivity contribution in [2.45, 2.75) is 19.4 Å². The topological polar surface area (TPSA) is 29.9 Å². The van der Waals surface area contributed by atoms with E-state index in [0.717, 1.165) is 30.2 Å². The van der Waals surface area contributed by atoms with Crippen molar-refractivity contribution >= 4 is 11.6 Å². The van der Waals surface area contributed by atoms with E-state index in [4.69, 9.17) is 11.6 Å². The molecule has 0 bridgehead atoms. The molecule has 3 nitrogen and oxygen atoms in total. The van der Waals surface area contributed by atoms with Gasteiger partial charge in [-0.15, -0.1) is 0 Å². The molecule has 1 N–H and O–H groups in total. The Morgan fingerprint density at radius 2 is 2.58 bits per heavy atom. The molecule has 1 atom stereocenters. The van der Waals surface area contributed by atoms with E-state index in [1.165, 1.54) is 0 Å². The van der Waals surface area contributed by atoms with Gasteiger partial charge in [0, 0.05) is 12.7 Å². The third-order valence-corrected chi connectivity index (χ3v) is 2.64. The Balaban J connectivity index is 2.21. The SMILES string of the molecule is Cc1nn(C2CCNC2)cc1Cl. The molecule has 2 rings (SSSR count). The maximum Gasteiger partial charge on any atom is 0.0815 e. The Bertz CT molecular complexity index is 256. The highest BCUT2D eigenvalue weighted by Crippen LogP contribution is 2.19. The molecule has 0 aromatic carbocycles. The van der Waals surface area contributed by atoms with Crippen LogP contribution in [0, 0.1) is 6.92 Å². The number of hydrogen-bond acceptors (Lipinski definition) is 2. The minimum Gasteiger partial charge on any atom is -0.315 e. The molecule has 66 valence electrons. The summed E-state index contributed by atoms with van der Waals surface area (Å²) in [5.41, 5.74) is 0.920. The summed E-state index contributed by atoms with van der Waals surface area (Å²) in [5, 5.41) is 8.40. The van der Waals surface area contributed by atoms with Crippen LogP contribution in [0.3, 0.4) is 0 Å². The van der Waals surface area contributed by atoms with E-state index in [9.17, 15) is 0 Å². The summed E-state index contributed by atoms with van der Waals surface area (Å²) >= 11 is 5.90.